The Hall–Kier alpha value is -1.42. The quantitative estimate of drug-likeness (QED) is 0.846. The van der Waals surface area contributed by atoms with Crippen LogP contribution in [0.5, 0.6) is 0 Å². The van der Waals surface area contributed by atoms with Gasteiger partial charge in [0, 0.05) is 12.6 Å². The first kappa shape index (κ1) is 14.6. The van der Waals surface area contributed by atoms with Crippen LogP contribution in [0.2, 0.25) is 0 Å². The van der Waals surface area contributed by atoms with E-state index >= 15 is 0 Å². The number of carbonyl (C=O) groups is 1. The molecule has 4 heteroatoms. The molecule has 0 radical (unpaired) electrons. The molecular weight excluding hydrogens is 233 g/mol. The summed E-state index contributed by atoms with van der Waals surface area (Å²) >= 11 is 0. The van der Waals surface area contributed by atoms with Gasteiger partial charge >= 0.3 is 5.97 Å². The SMILES string of the molecule is CCC(CC)N(C)Cc1ccc(F)c(C(=O)O)c1. The van der Waals surface area contributed by atoms with Crippen molar-refractivity contribution >= 4 is 5.97 Å². The summed E-state index contributed by atoms with van der Waals surface area (Å²) in [6.07, 6.45) is 2.08. The van der Waals surface area contributed by atoms with Crippen molar-refractivity contribution in [3.05, 3.63) is 35.1 Å². The zero-order valence-corrected chi connectivity index (χ0v) is 11.1. The number of rotatable bonds is 6. The lowest BCUT2D eigenvalue weighted by atomic mass is 10.1. The van der Waals surface area contributed by atoms with Gasteiger partial charge in [-0.1, -0.05) is 19.9 Å². The predicted octanol–water partition coefficient (Wildman–Crippen LogP) is 3.14. The maximum Gasteiger partial charge on any atom is 0.338 e. The van der Waals surface area contributed by atoms with E-state index in [2.05, 4.69) is 18.7 Å². The molecule has 18 heavy (non-hydrogen) atoms. The first-order chi connectivity index (χ1) is 8.49. The number of aromatic carboxylic acids is 1. The molecule has 0 spiro atoms. The lowest BCUT2D eigenvalue weighted by molar-refractivity contribution is 0.0691. The minimum atomic E-state index is -1.22. The number of halogens is 1. The van der Waals surface area contributed by atoms with Crippen molar-refractivity contribution in [1.82, 2.24) is 4.90 Å². The number of nitrogens with zero attached hydrogens (tertiary/aromatic N) is 1. The third-order valence-electron chi connectivity index (χ3n) is 3.26. The molecule has 0 fully saturated rings. The van der Waals surface area contributed by atoms with Crippen LogP contribution in [0.15, 0.2) is 18.2 Å². The Morgan fingerprint density at radius 3 is 2.50 bits per heavy atom. The average Bonchev–Trinajstić information content (AvgIpc) is 2.32. The van der Waals surface area contributed by atoms with Gasteiger partial charge in [0.1, 0.15) is 5.82 Å². The number of hydrogen-bond donors (Lipinski definition) is 1. The molecule has 0 aliphatic heterocycles. The van der Waals surface area contributed by atoms with Crippen molar-refractivity contribution in [1.29, 1.82) is 0 Å². The maximum absolute atomic E-state index is 13.3. The van der Waals surface area contributed by atoms with E-state index in [0.717, 1.165) is 18.4 Å². The van der Waals surface area contributed by atoms with Gasteiger partial charge in [0.2, 0.25) is 0 Å². The van der Waals surface area contributed by atoms with Gasteiger partial charge in [-0.25, -0.2) is 9.18 Å². The molecule has 1 aromatic carbocycles. The molecular formula is C14H20FNO2. The zero-order chi connectivity index (χ0) is 13.7. The van der Waals surface area contributed by atoms with Crippen LogP contribution in [0, 0.1) is 5.82 Å². The highest BCUT2D eigenvalue weighted by atomic mass is 19.1. The minimum Gasteiger partial charge on any atom is -0.478 e. The first-order valence-corrected chi connectivity index (χ1v) is 6.21. The Morgan fingerprint density at radius 2 is 2.00 bits per heavy atom. The van der Waals surface area contributed by atoms with Gasteiger partial charge in [-0.3, -0.25) is 4.90 Å². The predicted molar refractivity (Wildman–Crippen MR) is 69.2 cm³/mol. The van der Waals surface area contributed by atoms with Gasteiger partial charge in [0.25, 0.3) is 0 Å². The smallest absolute Gasteiger partial charge is 0.338 e. The second-order valence-corrected chi connectivity index (χ2v) is 4.50. The van der Waals surface area contributed by atoms with Crippen LogP contribution in [0.4, 0.5) is 4.39 Å². The summed E-state index contributed by atoms with van der Waals surface area (Å²) in [5, 5.41) is 8.87. The van der Waals surface area contributed by atoms with Crippen LogP contribution in [0.1, 0.15) is 42.6 Å². The fraction of sp³-hybridized carbons (Fsp3) is 0.500. The Bertz CT molecular complexity index is 416. The maximum atomic E-state index is 13.3. The van der Waals surface area contributed by atoms with Crippen LogP contribution in [0.3, 0.4) is 0 Å². The van der Waals surface area contributed by atoms with E-state index in [9.17, 15) is 9.18 Å². The molecule has 0 unspecified atom stereocenters. The lowest BCUT2D eigenvalue weighted by Gasteiger charge is -2.26. The summed E-state index contributed by atoms with van der Waals surface area (Å²) in [6.45, 7) is 4.88. The van der Waals surface area contributed by atoms with E-state index in [4.69, 9.17) is 5.11 Å². The van der Waals surface area contributed by atoms with Crippen molar-refractivity contribution in [3.8, 4) is 0 Å². The molecule has 0 aromatic heterocycles. The number of carboxylic acids is 1. The molecule has 0 heterocycles. The Labute approximate surface area is 107 Å². The molecule has 0 saturated heterocycles. The summed E-state index contributed by atoms with van der Waals surface area (Å²) in [4.78, 5) is 13.0. The van der Waals surface area contributed by atoms with Gasteiger partial charge < -0.3 is 5.11 Å². The first-order valence-electron chi connectivity index (χ1n) is 6.21. The number of hydrogen-bond acceptors (Lipinski definition) is 2. The average molecular weight is 253 g/mol. The summed E-state index contributed by atoms with van der Waals surface area (Å²) in [7, 11) is 2.00. The molecule has 1 aromatic rings. The van der Waals surface area contributed by atoms with Crippen LogP contribution in [-0.2, 0) is 6.54 Å². The van der Waals surface area contributed by atoms with E-state index in [-0.39, 0.29) is 5.56 Å². The van der Waals surface area contributed by atoms with Gasteiger partial charge in [-0.15, -0.1) is 0 Å². The second-order valence-electron chi connectivity index (χ2n) is 4.50. The number of benzene rings is 1. The Balaban J connectivity index is 2.85. The van der Waals surface area contributed by atoms with Gasteiger partial charge in [-0.05, 0) is 37.6 Å². The van der Waals surface area contributed by atoms with Crippen LogP contribution in [0.25, 0.3) is 0 Å². The fourth-order valence-electron chi connectivity index (χ4n) is 2.16. The van der Waals surface area contributed by atoms with Crippen LogP contribution < -0.4 is 0 Å². The molecule has 0 saturated carbocycles. The highest BCUT2D eigenvalue weighted by Crippen LogP contribution is 2.15. The third kappa shape index (κ3) is 3.53. The van der Waals surface area contributed by atoms with Crippen molar-refractivity contribution in [2.45, 2.75) is 39.3 Å². The highest BCUT2D eigenvalue weighted by Gasteiger charge is 2.14. The summed E-state index contributed by atoms with van der Waals surface area (Å²) in [5.41, 5.74) is 0.564. The van der Waals surface area contributed by atoms with Gasteiger partial charge in [0.15, 0.2) is 0 Å². The normalized spacial score (nSPS) is 11.2. The van der Waals surface area contributed by atoms with Crippen LogP contribution >= 0.6 is 0 Å². The Morgan fingerprint density at radius 1 is 1.39 bits per heavy atom. The second kappa shape index (κ2) is 6.50. The van der Waals surface area contributed by atoms with E-state index in [1.807, 2.05) is 7.05 Å². The molecule has 0 aliphatic rings. The van der Waals surface area contributed by atoms with Crippen LogP contribution in [-0.4, -0.2) is 29.1 Å². The lowest BCUT2D eigenvalue weighted by Crippen LogP contribution is -2.30. The molecule has 0 amide bonds. The largest absolute Gasteiger partial charge is 0.478 e. The fourth-order valence-corrected chi connectivity index (χ4v) is 2.16. The summed E-state index contributed by atoms with van der Waals surface area (Å²) in [6, 6.07) is 4.74. The standard InChI is InChI=1S/C14H20FNO2/c1-4-11(5-2)16(3)9-10-6-7-13(15)12(8-10)14(17)18/h6-8,11H,4-5,9H2,1-3H3,(H,17,18). The zero-order valence-electron chi connectivity index (χ0n) is 11.1. The number of carboxylic acid groups (broad SMARTS) is 1. The van der Waals surface area contributed by atoms with Gasteiger partial charge in [-0.2, -0.15) is 0 Å². The monoisotopic (exact) mass is 253 g/mol. The molecule has 0 bridgehead atoms. The van der Waals surface area contributed by atoms with E-state index in [0.29, 0.717) is 12.6 Å². The molecule has 0 atom stereocenters. The molecule has 1 N–H and O–H groups in total. The third-order valence-corrected chi connectivity index (χ3v) is 3.26. The van der Waals surface area contributed by atoms with E-state index in [1.54, 1.807) is 6.07 Å². The van der Waals surface area contributed by atoms with Crippen molar-refractivity contribution in [3.63, 3.8) is 0 Å². The molecule has 0 aliphatic carbocycles. The van der Waals surface area contributed by atoms with Crippen molar-refractivity contribution < 1.29 is 14.3 Å². The van der Waals surface area contributed by atoms with E-state index in [1.165, 1.54) is 12.1 Å². The van der Waals surface area contributed by atoms with E-state index < -0.39 is 11.8 Å². The minimum absolute atomic E-state index is 0.259. The molecule has 100 valence electrons. The molecule has 1 rings (SSSR count). The van der Waals surface area contributed by atoms with Crippen molar-refractivity contribution in [2.75, 3.05) is 7.05 Å². The summed E-state index contributed by atoms with van der Waals surface area (Å²) < 4.78 is 13.3. The molecule has 3 nitrogen and oxygen atoms in total. The topological polar surface area (TPSA) is 40.5 Å². The highest BCUT2D eigenvalue weighted by molar-refractivity contribution is 5.88. The Kier molecular flexibility index (Phi) is 5.28. The van der Waals surface area contributed by atoms with Gasteiger partial charge in [0.05, 0.1) is 5.56 Å². The van der Waals surface area contributed by atoms with Crippen molar-refractivity contribution in [2.24, 2.45) is 0 Å². The summed E-state index contributed by atoms with van der Waals surface area (Å²) in [5.74, 6) is -1.91.